The Hall–Kier alpha value is -4.25. The van der Waals surface area contributed by atoms with Crippen LogP contribution in [0.4, 0.5) is 0 Å². The number of aryl methyl sites for hydroxylation is 1. The van der Waals surface area contributed by atoms with Crippen LogP contribution in [0.3, 0.4) is 0 Å². The summed E-state index contributed by atoms with van der Waals surface area (Å²) in [7, 11) is 0. The SMILES string of the molecule is Cc1c(C(=O)N[C@@H](Cc2ccccc2)c2ccccc2)cnc2c(-c3ccc(C(C)C)cc3)cnn12. The highest BCUT2D eigenvalue weighted by atomic mass is 16.1. The largest absolute Gasteiger partial charge is 0.345 e. The molecule has 5 heteroatoms. The number of hydrogen-bond donors (Lipinski definition) is 1. The molecule has 0 spiro atoms. The first-order chi connectivity index (χ1) is 17.5. The van der Waals surface area contributed by atoms with Crippen molar-refractivity contribution in [1.29, 1.82) is 0 Å². The van der Waals surface area contributed by atoms with Gasteiger partial charge in [0, 0.05) is 11.8 Å². The second-order valence-electron chi connectivity index (χ2n) is 9.45. The molecule has 1 N–H and O–H groups in total. The van der Waals surface area contributed by atoms with Crippen molar-refractivity contribution in [3.05, 3.63) is 125 Å². The molecular formula is C31H30N4O. The molecular weight excluding hydrogens is 444 g/mol. The van der Waals surface area contributed by atoms with E-state index in [2.05, 4.69) is 65.6 Å². The van der Waals surface area contributed by atoms with Gasteiger partial charge in [-0.2, -0.15) is 5.10 Å². The van der Waals surface area contributed by atoms with Crippen LogP contribution in [0.15, 0.2) is 97.3 Å². The molecule has 0 bridgehead atoms. The molecule has 1 atom stereocenters. The molecule has 36 heavy (non-hydrogen) atoms. The summed E-state index contributed by atoms with van der Waals surface area (Å²) in [6.07, 6.45) is 4.19. The van der Waals surface area contributed by atoms with E-state index in [1.165, 1.54) is 5.56 Å². The van der Waals surface area contributed by atoms with E-state index >= 15 is 0 Å². The zero-order chi connectivity index (χ0) is 25.1. The fourth-order valence-electron chi connectivity index (χ4n) is 4.54. The molecule has 5 rings (SSSR count). The third kappa shape index (κ3) is 4.78. The van der Waals surface area contributed by atoms with Gasteiger partial charge in [0.2, 0.25) is 0 Å². The van der Waals surface area contributed by atoms with Crippen molar-refractivity contribution in [1.82, 2.24) is 19.9 Å². The quantitative estimate of drug-likeness (QED) is 0.291. The fraction of sp³-hybridized carbons (Fsp3) is 0.194. The molecule has 2 heterocycles. The Kier molecular flexibility index (Phi) is 6.63. The minimum Gasteiger partial charge on any atom is -0.345 e. The van der Waals surface area contributed by atoms with Gasteiger partial charge < -0.3 is 5.32 Å². The van der Waals surface area contributed by atoms with E-state index in [-0.39, 0.29) is 11.9 Å². The van der Waals surface area contributed by atoms with E-state index in [0.29, 0.717) is 17.9 Å². The van der Waals surface area contributed by atoms with Gasteiger partial charge in [0.05, 0.1) is 23.5 Å². The second kappa shape index (κ2) is 10.2. The normalized spacial score (nSPS) is 12.1. The number of fused-ring (bicyclic) bond motifs is 1. The van der Waals surface area contributed by atoms with Crippen molar-refractivity contribution >= 4 is 11.6 Å². The highest BCUT2D eigenvalue weighted by molar-refractivity contribution is 5.95. The first kappa shape index (κ1) is 23.5. The van der Waals surface area contributed by atoms with E-state index in [9.17, 15) is 4.79 Å². The molecule has 0 aliphatic heterocycles. The maximum absolute atomic E-state index is 13.5. The predicted molar refractivity (Wildman–Crippen MR) is 144 cm³/mol. The van der Waals surface area contributed by atoms with Crippen molar-refractivity contribution in [2.45, 2.75) is 39.2 Å². The lowest BCUT2D eigenvalue weighted by Gasteiger charge is -2.20. The molecule has 0 aliphatic rings. The molecule has 0 unspecified atom stereocenters. The topological polar surface area (TPSA) is 59.3 Å². The molecule has 1 amide bonds. The van der Waals surface area contributed by atoms with Gasteiger partial charge in [-0.3, -0.25) is 4.79 Å². The number of aromatic nitrogens is 3. The molecule has 180 valence electrons. The summed E-state index contributed by atoms with van der Waals surface area (Å²) in [6.45, 7) is 6.28. The zero-order valence-electron chi connectivity index (χ0n) is 20.8. The number of benzene rings is 3. The average molecular weight is 475 g/mol. The Bertz CT molecular complexity index is 1470. The van der Waals surface area contributed by atoms with Gasteiger partial charge in [0.1, 0.15) is 0 Å². The number of nitrogens with zero attached hydrogens (tertiary/aromatic N) is 3. The lowest BCUT2D eigenvalue weighted by Crippen LogP contribution is -2.31. The van der Waals surface area contributed by atoms with E-state index < -0.39 is 0 Å². The van der Waals surface area contributed by atoms with Crippen LogP contribution < -0.4 is 5.32 Å². The fourth-order valence-corrected chi connectivity index (χ4v) is 4.54. The summed E-state index contributed by atoms with van der Waals surface area (Å²) in [5.41, 5.74) is 7.55. The van der Waals surface area contributed by atoms with Crippen molar-refractivity contribution in [3.63, 3.8) is 0 Å². The number of carbonyl (C=O) groups excluding carboxylic acids is 1. The van der Waals surface area contributed by atoms with Crippen LogP contribution in [0.5, 0.6) is 0 Å². The average Bonchev–Trinajstić information content (AvgIpc) is 3.35. The van der Waals surface area contributed by atoms with Crippen LogP contribution in [-0.2, 0) is 6.42 Å². The summed E-state index contributed by atoms with van der Waals surface area (Å²) in [4.78, 5) is 18.1. The Balaban J connectivity index is 1.44. The maximum Gasteiger partial charge on any atom is 0.255 e. The lowest BCUT2D eigenvalue weighted by atomic mass is 9.98. The van der Waals surface area contributed by atoms with Gasteiger partial charge in [-0.1, -0.05) is 98.8 Å². The zero-order valence-corrected chi connectivity index (χ0v) is 20.8. The van der Waals surface area contributed by atoms with Crippen molar-refractivity contribution in [2.75, 3.05) is 0 Å². The van der Waals surface area contributed by atoms with Crippen molar-refractivity contribution in [2.24, 2.45) is 0 Å². The van der Waals surface area contributed by atoms with Gasteiger partial charge in [0.25, 0.3) is 5.91 Å². The molecule has 0 saturated heterocycles. The van der Waals surface area contributed by atoms with Crippen molar-refractivity contribution < 1.29 is 4.79 Å². The minimum atomic E-state index is -0.163. The standard InChI is InChI=1S/C31H30N4O/c1-21(2)24-14-16-25(17-15-24)28-20-33-35-22(3)27(19-32-30(28)35)31(36)34-29(26-12-8-5-9-13-26)18-23-10-6-4-7-11-23/h4-17,19-21,29H,18H2,1-3H3,(H,34,36)/t29-/m0/s1. The van der Waals surface area contributed by atoms with E-state index in [1.807, 2.05) is 61.7 Å². The van der Waals surface area contributed by atoms with E-state index in [1.54, 1.807) is 10.7 Å². The molecule has 2 aromatic heterocycles. The summed E-state index contributed by atoms with van der Waals surface area (Å²) in [6, 6.07) is 28.6. The Morgan fingerprint density at radius 2 is 1.53 bits per heavy atom. The van der Waals surface area contributed by atoms with E-state index in [4.69, 9.17) is 0 Å². The van der Waals surface area contributed by atoms with Gasteiger partial charge >= 0.3 is 0 Å². The molecule has 3 aromatic carbocycles. The molecule has 0 saturated carbocycles. The number of hydrogen-bond acceptors (Lipinski definition) is 3. The summed E-state index contributed by atoms with van der Waals surface area (Å²) in [5, 5.41) is 7.81. The number of carbonyl (C=O) groups is 1. The molecule has 0 radical (unpaired) electrons. The first-order valence-corrected chi connectivity index (χ1v) is 12.3. The van der Waals surface area contributed by atoms with Gasteiger partial charge in [-0.05, 0) is 41.5 Å². The second-order valence-corrected chi connectivity index (χ2v) is 9.45. The van der Waals surface area contributed by atoms with Gasteiger partial charge in [0.15, 0.2) is 5.65 Å². The lowest BCUT2D eigenvalue weighted by molar-refractivity contribution is 0.0935. The highest BCUT2D eigenvalue weighted by Gasteiger charge is 2.20. The maximum atomic E-state index is 13.5. The smallest absolute Gasteiger partial charge is 0.255 e. The third-order valence-electron chi connectivity index (χ3n) is 6.69. The minimum absolute atomic E-state index is 0.162. The summed E-state index contributed by atoms with van der Waals surface area (Å²) >= 11 is 0. The third-order valence-corrected chi connectivity index (χ3v) is 6.69. The van der Waals surface area contributed by atoms with Crippen LogP contribution in [0.1, 0.15) is 58.5 Å². The predicted octanol–water partition coefficient (Wildman–Crippen LogP) is 6.54. The van der Waals surface area contributed by atoms with E-state index in [0.717, 1.165) is 33.6 Å². The molecule has 5 aromatic rings. The Morgan fingerprint density at radius 3 is 2.19 bits per heavy atom. The number of rotatable bonds is 7. The number of amides is 1. The van der Waals surface area contributed by atoms with Crippen LogP contribution in [0.2, 0.25) is 0 Å². The Morgan fingerprint density at radius 1 is 0.861 bits per heavy atom. The molecule has 0 fully saturated rings. The Labute approximate surface area is 211 Å². The van der Waals surface area contributed by atoms with Crippen LogP contribution in [0, 0.1) is 6.92 Å². The van der Waals surface area contributed by atoms with Crippen LogP contribution >= 0.6 is 0 Å². The summed E-state index contributed by atoms with van der Waals surface area (Å²) < 4.78 is 1.76. The van der Waals surface area contributed by atoms with Gasteiger partial charge in [-0.25, -0.2) is 9.50 Å². The summed E-state index contributed by atoms with van der Waals surface area (Å²) in [5.74, 6) is 0.316. The number of nitrogens with one attached hydrogen (secondary N) is 1. The first-order valence-electron chi connectivity index (χ1n) is 12.3. The van der Waals surface area contributed by atoms with Crippen LogP contribution in [0.25, 0.3) is 16.8 Å². The van der Waals surface area contributed by atoms with Crippen LogP contribution in [-0.4, -0.2) is 20.5 Å². The molecule has 0 aliphatic carbocycles. The monoisotopic (exact) mass is 474 g/mol. The highest BCUT2D eigenvalue weighted by Crippen LogP contribution is 2.27. The molecule has 5 nitrogen and oxygen atoms in total. The van der Waals surface area contributed by atoms with Gasteiger partial charge in [-0.15, -0.1) is 0 Å². The van der Waals surface area contributed by atoms with Crippen molar-refractivity contribution in [3.8, 4) is 11.1 Å².